The molecule has 142 valence electrons. The highest BCUT2D eigenvalue weighted by atomic mass is 127. The molecule has 0 spiro atoms. The van der Waals surface area contributed by atoms with Crippen LogP contribution in [0.4, 0.5) is 0 Å². The summed E-state index contributed by atoms with van der Waals surface area (Å²) >= 11 is 2.08. The number of hydrogen-bond acceptors (Lipinski definition) is 4. The number of aliphatic hydroxyl groups is 1. The highest BCUT2D eigenvalue weighted by molar-refractivity contribution is 14.1. The number of benzene rings is 2. The summed E-state index contributed by atoms with van der Waals surface area (Å²) in [5.41, 5.74) is 1.88. The zero-order valence-corrected chi connectivity index (χ0v) is 17.4. The molecule has 0 fully saturated rings. The highest BCUT2D eigenvalue weighted by Crippen LogP contribution is 2.26. The third kappa shape index (κ3) is 3.89. The lowest BCUT2D eigenvalue weighted by atomic mass is 9.99. The number of ether oxygens (including phenoxy) is 1. The summed E-state index contributed by atoms with van der Waals surface area (Å²) in [7, 11) is 0. The predicted octanol–water partition coefficient (Wildman–Crippen LogP) is 4.08. The van der Waals surface area contributed by atoms with Crippen LogP contribution in [0.2, 0.25) is 0 Å². The minimum atomic E-state index is -0.679. The molecule has 1 N–H and O–H groups in total. The van der Waals surface area contributed by atoms with Gasteiger partial charge in [0.25, 0.3) is 5.91 Å². The molecule has 7 heteroatoms. The van der Waals surface area contributed by atoms with E-state index in [2.05, 4.69) is 32.6 Å². The number of fused-ring (bicyclic) bond motifs is 1. The highest BCUT2D eigenvalue weighted by Gasteiger charge is 2.30. The molecule has 0 aliphatic carbocycles. The van der Waals surface area contributed by atoms with Crippen molar-refractivity contribution in [1.29, 1.82) is 0 Å². The molecule has 2 aromatic rings. The Kier molecular flexibility index (Phi) is 6.03. The van der Waals surface area contributed by atoms with Gasteiger partial charge in [-0.05, 0) is 48.6 Å². The van der Waals surface area contributed by atoms with Crippen molar-refractivity contribution in [2.45, 2.75) is 13.8 Å². The number of carbonyl (C=O) groups excluding carboxylic acids is 2. The van der Waals surface area contributed by atoms with E-state index in [1.54, 1.807) is 43.3 Å². The Bertz CT molecular complexity index is 1050. The summed E-state index contributed by atoms with van der Waals surface area (Å²) in [6, 6.07) is 14.2. The predicted molar refractivity (Wildman–Crippen MR) is 115 cm³/mol. The first-order valence-corrected chi connectivity index (χ1v) is 9.65. The Morgan fingerprint density at radius 2 is 1.75 bits per heavy atom. The summed E-state index contributed by atoms with van der Waals surface area (Å²) in [4.78, 5) is 33.6. The summed E-state index contributed by atoms with van der Waals surface area (Å²) in [6.07, 6.45) is 0. The fourth-order valence-electron chi connectivity index (χ4n) is 2.80. The quantitative estimate of drug-likeness (QED) is 0.304. The summed E-state index contributed by atoms with van der Waals surface area (Å²) in [5, 5.41) is 10.1. The molecule has 1 aliphatic rings. The second-order valence-electron chi connectivity index (χ2n) is 5.91. The number of allylic oxidation sites excluding steroid dienone is 1. The minimum Gasteiger partial charge on any atom is -0.512 e. The first-order valence-electron chi connectivity index (χ1n) is 8.57. The molecular formula is C21H17IN2O4. The Hall–Kier alpha value is -2.81. The molecule has 0 aromatic heterocycles. The lowest BCUT2D eigenvalue weighted by molar-refractivity contribution is -0.138. The molecule has 1 amide bonds. The van der Waals surface area contributed by atoms with Crippen LogP contribution < -0.4 is 0 Å². The molecule has 0 radical (unpaired) electrons. The number of carbonyl (C=O) groups is 2. The van der Waals surface area contributed by atoms with Crippen molar-refractivity contribution in [2.24, 2.45) is 9.98 Å². The fourth-order valence-corrected chi connectivity index (χ4v) is 3.41. The van der Waals surface area contributed by atoms with Crippen LogP contribution in [0.3, 0.4) is 0 Å². The summed E-state index contributed by atoms with van der Waals surface area (Å²) in [5.74, 6) is -1.13. The zero-order valence-electron chi connectivity index (χ0n) is 15.3. The van der Waals surface area contributed by atoms with E-state index < -0.39 is 11.9 Å². The van der Waals surface area contributed by atoms with E-state index in [0.717, 1.165) is 3.57 Å². The van der Waals surface area contributed by atoms with Crippen LogP contribution in [0.15, 0.2) is 69.8 Å². The van der Waals surface area contributed by atoms with Gasteiger partial charge in [0.1, 0.15) is 11.3 Å². The van der Waals surface area contributed by atoms with E-state index >= 15 is 0 Å². The van der Waals surface area contributed by atoms with Crippen molar-refractivity contribution in [3.8, 4) is 0 Å². The first kappa shape index (κ1) is 19.9. The maximum Gasteiger partial charge on any atom is 0.343 e. The van der Waals surface area contributed by atoms with Gasteiger partial charge in [-0.1, -0.05) is 36.4 Å². The fraction of sp³-hybridized carbons (Fsp3) is 0.143. The van der Waals surface area contributed by atoms with Gasteiger partial charge < -0.3 is 9.84 Å². The zero-order chi connectivity index (χ0) is 20.3. The third-order valence-electron chi connectivity index (χ3n) is 4.03. The number of halogens is 1. The third-order valence-corrected chi connectivity index (χ3v) is 4.97. The number of aliphatic imine (C=N–C) groups is 2. The van der Waals surface area contributed by atoms with Crippen molar-refractivity contribution in [3.63, 3.8) is 0 Å². The number of esters is 1. The molecule has 28 heavy (non-hydrogen) atoms. The van der Waals surface area contributed by atoms with Crippen LogP contribution in [0.1, 0.15) is 35.3 Å². The number of rotatable bonds is 4. The van der Waals surface area contributed by atoms with E-state index in [4.69, 9.17) is 4.74 Å². The van der Waals surface area contributed by atoms with Gasteiger partial charge in [-0.3, -0.25) is 4.79 Å². The van der Waals surface area contributed by atoms with Gasteiger partial charge in [-0.15, -0.1) is 0 Å². The molecule has 1 aliphatic heterocycles. The molecular weight excluding hydrogens is 471 g/mol. The Balaban J connectivity index is 2.11. The van der Waals surface area contributed by atoms with E-state index in [1.165, 1.54) is 6.92 Å². The molecule has 0 unspecified atom stereocenters. The van der Waals surface area contributed by atoms with Gasteiger partial charge in [0, 0.05) is 14.7 Å². The van der Waals surface area contributed by atoms with E-state index in [-0.39, 0.29) is 29.5 Å². The number of aliphatic hydroxyl groups excluding tert-OH is 1. The molecule has 3 rings (SSSR count). The second kappa shape index (κ2) is 8.47. The van der Waals surface area contributed by atoms with Gasteiger partial charge in [-0.2, -0.15) is 4.99 Å². The average Bonchev–Trinajstić information content (AvgIpc) is 3.00. The molecule has 2 aromatic carbocycles. The van der Waals surface area contributed by atoms with Crippen LogP contribution in [-0.4, -0.2) is 35.1 Å². The van der Waals surface area contributed by atoms with Crippen molar-refractivity contribution >= 4 is 46.0 Å². The molecule has 0 saturated carbocycles. The normalized spacial score (nSPS) is 15.0. The van der Waals surface area contributed by atoms with Crippen LogP contribution in [0, 0.1) is 3.57 Å². The van der Waals surface area contributed by atoms with Crippen molar-refractivity contribution in [3.05, 3.63) is 80.1 Å². The van der Waals surface area contributed by atoms with Crippen molar-refractivity contribution < 1.29 is 19.4 Å². The minimum absolute atomic E-state index is 0.0405. The van der Waals surface area contributed by atoms with Gasteiger partial charge in [0.05, 0.1) is 17.9 Å². The van der Waals surface area contributed by atoms with E-state index in [9.17, 15) is 14.7 Å². The summed E-state index contributed by atoms with van der Waals surface area (Å²) < 4.78 is 5.83. The second-order valence-corrected chi connectivity index (χ2v) is 7.07. The Morgan fingerprint density at radius 3 is 2.39 bits per heavy atom. The monoisotopic (exact) mass is 488 g/mol. The van der Waals surface area contributed by atoms with Gasteiger partial charge in [0.15, 0.2) is 5.84 Å². The molecule has 6 nitrogen and oxygen atoms in total. The van der Waals surface area contributed by atoms with Crippen LogP contribution in [-0.2, 0) is 9.53 Å². The number of nitrogens with zero attached hydrogens (tertiary/aromatic N) is 2. The van der Waals surface area contributed by atoms with Gasteiger partial charge in [0.2, 0.25) is 0 Å². The maximum absolute atomic E-state index is 12.7. The Labute approximate surface area is 175 Å². The van der Waals surface area contributed by atoms with Crippen LogP contribution in [0.25, 0.3) is 0 Å². The first-order chi connectivity index (χ1) is 13.4. The number of hydrogen-bond donors (Lipinski definition) is 1. The summed E-state index contributed by atoms with van der Waals surface area (Å²) in [6.45, 7) is 3.24. The molecule has 1 heterocycles. The lowest BCUT2D eigenvalue weighted by Gasteiger charge is -2.08. The van der Waals surface area contributed by atoms with Crippen molar-refractivity contribution in [1.82, 2.24) is 0 Å². The number of amides is 1. The smallest absolute Gasteiger partial charge is 0.343 e. The standard InChI is InChI=1S/C21H17IN2O4/c1-3-28-21(27)17(12(2)25)18-13-8-4-5-9-14(13)19(23-18)24-20(26)15-10-6-7-11-16(15)22/h4-11,25H,3H2,1-2H3/b17-12+,24-19?. The average molecular weight is 488 g/mol. The van der Waals surface area contributed by atoms with E-state index in [1.807, 2.05) is 12.1 Å². The largest absolute Gasteiger partial charge is 0.512 e. The van der Waals surface area contributed by atoms with E-state index in [0.29, 0.717) is 16.7 Å². The van der Waals surface area contributed by atoms with Gasteiger partial charge in [-0.25, -0.2) is 9.79 Å². The maximum atomic E-state index is 12.7. The van der Waals surface area contributed by atoms with Gasteiger partial charge >= 0.3 is 5.97 Å². The lowest BCUT2D eigenvalue weighted by Crippen LogP contribution is -2.18. The van der Waals surface area contributed by atoms with Crippen LogP contribution in [0.5, 0.6) is 0 Å². The van der Waals surface area contributed by atoms with Crippen molar-refractivity contribution in [2.75, 3.05) is 6.61 Å². The molecule has 0 bridgehead atoms. The molecule has 0 atom stereocenters. The Morgan fingerprint density at radius 1 is 1.11 bits per heavy atom. The number of amidine groups is 1. The molecule has 0 saturated heterocycles. The SMILES string of the molecule is CCOC(=O)/C(C1=NC(=NC(=O)c2ccccc2I)c2ccccc21)=C(\C)O. The topological polar surface area (TPSA) is 88.3 Å². The van der Waals surface area contributed by atoms with Crippen LogP contribution >= 0.6 is 22.6 Å².